The average Bonchev–Trinajstić information content (AvgIpc) is 3.23. The van der Waals surface area contributed by atoms with Gasteiger partial charge in [-0.2, -0.15) is 0 Å². The van der Waals surface area contributed by atoms with E-state index in [0.29, 0.717) is 12.0 Å². The lowest BCUT2D eigenvalue weighted by Gasteiger charge is -2.41. The van der Waals surface area contributed by atoms with Crippen LogP contribution in [0.4, 0.5) is 0 Å². The molecule has 2 N–H and O–H groups in total. The standard InChI is InChI=1S/C14H21N3/c15-10-12-2-1-9-17(13-3-4-13)14(12)11-5-7-16-8-6-11/h5-8,12-14H,1-4,9-10,15H2. The van der Waals surface area contributed by atoms with Crippen molar-refractivity contribution in [3.8, 4) is 0 Å². The molecule has 0 bridgehead atoms. The molecule has 0 aromatic carbocycles. The Morgan fingerprint density at radius 1 is 1.24 bits per heavy atom. The van der Waals surface area contributed by atoms with Gasteiger partial charge >= 0.3 is 0 Å². The first kappa shape index (κ1) is 11.2. The van der Waals surface area contributed by atoms with Crippen LogP contribution >= 0.6 is 0 Å². The topological polar surface area (TPSA) is 42.1 Å². The fraction of sp³-hybridized carbons (Fsp3) is 0.643. The maximum Gasteiger partial charge on any atom is 0.0392 e. The van der Waals surface area contributed by atoms with Crippen LogP contribution in [0.1, 0.15) is 37.3 Å². The van der Waals surface area contributed by atoms with Gasteiger partial charge in [0.2, 0.25) is 0 Å². The van der Waals surface area contributed by atoms with Crippen molar-refractivity contribution in [1.82, 2.24) is 9.88 Å². The largest absolute Gasteiger partial charge is 0.330 e. The molecule has 0 spiro atoms. The van der Waals surface area contributed by atoms with Crippen molar-refractivity contribution >= 4 is 0 Å². The number of aromatic nitrogens is 1. The SMILES string of the molecule is NCC1CCCN(C2CC2)C1c1ccncc1. The fourth-order valence-electron chi connectivity index (χ4n) is 3.19. The minimum atomic E-state index is 0.532. The number of piperidine rings is 1. The first-order valence-corrected chi connectivity index (χ1v) is 6.76. The van der Waals surface area contributed by atoms with Gasteiger partial charge in [0.25, 0.3) is 0 Å². The summed E-state index contributed by atoms with van der Waals surface area (Å²) >= 11 is 0. The van der Waals surface area contributed by atoms with E-state index >= 15 is 0 Å². The number of hydrogen-bond acceptors (Lipinski definition) is 3. The van der Waals surface area contributed by atoms with E-state index in [-0.39, 0.29) is 0 Å². The molecular formula is C14H21N3. The molecule has 2 unspecified atom stereocenters. The van der Waals surface area contributed by atoms with Crippen LogP contribution in [0.15, 0.2) is 24.5 Å². The van der Waals surface area contributed by atoms with Gasteiger partial charge in [0, 0.05) is 24.5 Å². The summed E-state index contributed by atoms with van der Waals surface area (Å²) in [7, 11) is 0. The summed E-state index contributed by atoms with van der Waals surface area (Å²) in [6.07, 6.45) is 9.13. The second kappa shape index (κ2) is 4.75. The Morgan fingerprint density at radius 3 is 2.65 bits per heavy atom. The Kier molecular flexibility index (Phi) is 3.12. The van der Waals surface area contributed by atoms with Crippen molar-refractivity contribution in [2.45, 2.75) is 37.8 Å². The summed E-state index contributed by atoms with van der Waals surface area (Å²) in [6.45, 7) is 2.05. The van der Waals surface area contributed by atoms with Gasteiger partial charge in [0.1, 0.15) is 0 Å². The van der Waals surface area contributed by atoms with E-state index in [2.05, 4.69) is 22.0 Å². The Balaban J connectivity index is 1.88. The first-order valence-electron chi connectivity index (χ1n) is 6.76. The lowest BCUT2D eigenvalue weighted by atomic mass is 9.85. The molecule has 2 heterocycles. The maximum absolute atomic E-state index is 5.97. The van der Waals surface area contributed by atoms with E-state index in [0.717, 1.165) is 12.6 Å². The van der Waals surface area contributed by atoms with Crippen LogP contribution in [0.5, 0.6) is 0 Å². The molecule has 3 heteroatoms. The highest BCUT2D eigenvalue weighted by Crippen LogP contribution is 2.42. The van der Waals surface area contributed by atoms with Crippen molar-refractivity contribution in [3.05, 3.63) is 30.1 Å². The van der Waals surface area contributed by atoms with Crippen molar-refractivity contribution < 1.29 is 0 Å². The third-order valence-electron chi connectivity index (χ3n) is 4.16. The number of hydrogen-bond donors (Lipinski definition) is 1. The van der Waals surface area contributed by atoms with Crippen molar-refractivity contribution in [3.63, 3.8) is 0 Å². The van der Waals surface area contributed by atoms with Gasteiger partial charge in [0.15, 0.2) is 0 Å². The Hall–Kier alpha value is -0.930. The van der Waals surface area contributed by atoms with Crippen LogP contribution in [0.25, 0.3) is 0 Å². The second-order valence-electron chi connectivity index (χ2n) is 5.33. The zero-order valence-electron chi connectivity index (χ0n) is 10.3. The molecule has 3 rings (SSSR count). The molecule has 2 fully saturated rings. The number of likely N-dealkylation sites (tertiary alicyclic amines) is 1. The Labute approximate surface area is 103 Å². The van der Waals surface area contributed by atoms with E-state index in [4.69, 9.17) is 5.73 Å². The van der Waals surface area contributed by atoms with Crippen LogP contribution in [0.3, 0.4) is 0 Å². The van der Waals surface area contributed by atoms with Gasteiger partial charge in [0.05, 0.1) is 0 Å². The maximum atomic E-state index is 5.97. The van der Waals surface area contributed by atoms with Crippen LogP contribution in [-0.2, 0) is 0 Å². The van der Waals surface area contributed by atoms with Crippen molar-refractivity contribution in [2.24, 2.45) is 11.7 Å². The lowest BCUT2D eigenvalue weighted by Crippen LogP contribution is -2.42. The van der Waals surface area contributed by atoms with Crippen LogP contribution < -0.4 is 5.73 Å². The van der Waals surface area contributed by atoms with Gasteiger partial charge in [-0.25, -0.2) is 0 Å². The summed E-state index contributed by atoms with van der Waals surface area (Å²) < 4.78 is 0. The summed E-state index contributed by atoms with van der Waals surface area (Å²) in [6, 6.07) is 5.67. The van der Waals surface area contributed by atoms with Crippen LogP contribution in [-0.4, -0.2) is 29.0 Å². The number of nitrogens with two attached hydrogens (primary N) is 1. The molecule has 17 heavy (non-hydrogen) atoms. The Morgan fingerprint density at radius 2 is 2.00 bits per heavy atom. The molecule has 2 aliphatic rings. The minimum absolute atomic E-state index is 0.532. The predicted octanol–water partition coefficient (Wildman–Crippen LogP) is 1.96. The summed E-state index contributed by atoms with van der Waals surface area (Å²) in [4.78, 5) is 6.82. The van der Waals surface area contributed by atoms with E-state index < -0.39 is 0 Å². The molecular weight excluding hydrogens is 210 g/mol. The zero-order chi connectivity index (χ0) is 11.7. The van der Waals surface area contributed by atoms with E-state index in [1.165, 1.54) is 37.8 Å². The first-order chi connectivity index (χ1) is 8.40. The molecule has 2 atom stereocenters. The second-order valence-corrected chi connectivity index (χ2v) is 5.33. The third kappa shape index (κ3) is 2.22. The smallest absolute Gasteiger partial charge is 0.0392 e. The summed E-state index contributed by atoms with van der Waals surface area (Å²) in [5.41, 5.74) is 7.38. The fourth-order valence-corrected chi connectivity index (χ4v) is 3.19. The molecule has 1 aromatic rings. The van der Waals surface area contributed by atoms with Gasteiger partial charge in [-0.05, 0) is 62.4 Å². The molecule has 1 saturated carbocycles. The van der Waals surface area contributed by atoms with Gasteiger partial charge in [-0.3, -0.25) is 9.88 Å². The number of rotatable bonds is 3. The lowest BCUT2D eigenvalue weighted by molar-refractivity contribution is 0.0879. The zero-order valence-corrected chi connectivity index (χ0v) is 10.3. The molecule has 1 saturated heterocycles. The average molecular weight is 231 g/mol. The van der Waals surface area contributed by atoms with Gasteiger partial charge in [-0.1, -0.05) is 0 Å². The van der Waals surface area contributed by atoms with E-state index in [1.54, 1.807) is 0 Å². The molecule has 3 nitrogen and oxygen atoms in total. The highest BCUT2D eigenvalue weighted by molar-refractivity contribution is 5.18. The van der Waals surface area contributed by atoms with Crippen molar-refractivity contribution in [2.75, 3.05) is 13.1 Å². The minimum Gasteiger partial charge on any atom is -0.330 e. The quantitative estimate of drug-likeness (QED) is 0.864. The van der Waals surface area contributed by atoms with Gasteiger partial charge in [-0.15, -0.1) is 0 Å². The molecule has 0 amide bonds. The van der Waals surface area contributed by atoms with Crippen molar-refractivity contribution in [1.29, 1.82) is 0 Å². The van der Waals surface area contributed by atoms with Crippen LogP contribution in [0, 0.1) is 5.92 Å². The molecule has 1 aliphatic heterocycles. The van der Waals surface area contributed by atoms with E-state index in [9.17, 15) is 0 Å². The third-order valence-corrected chi connectivity index (χ3v) is 4.16. The summed E-state index contributed by atoms with van der Waals surface area (Å²) in [5, 5.41) is 0. The highest BCUT2D eigenvalue weighted by Gasteiger charge is 2.39. The van der Waals surface area contributed by atoms with Crippen LogP contribution in [0.2, 0.25) is 0 Å². The Bertz CT molecular complexity index is 361. The molecule has 92 valence electrons. The number of pyridine rings is 1. The monoisotopic (exact) mass is 231 g/mol. The molecule has 1 aliphatic carbocycles. The van der Waals surface area contributed by atoms with E-state index in [1.807, 2.05) is 12.4 Å². The number of nitrogens with zero attached hydrogens (tertiary/aromatic N) is 2. The molecule has 1 aromatic heterocycles. The van der Waals surface area contributed by atoms with Gasteiger partial charge < -0.3 is 5.73 Å². The predicted molar refractivity (Wildman–Crippen MR) is 68.5 cm³/mol. The highest BCUT2D eigenvalue weighted by atomic mass is 15.2. The summed E-state index contributed by atoms with van der Waals surface area (Å²) in [5.74, 6) is 0.617. The normalized spacial score (nSPS) is 30.4. The molecule has 0 radical (unpaired) electrons.